The minimum Gasteiger partial charge on any atom is -0.481 e. The number of nitrogens with zero attached hydrogens (tertiary/aromatic N) is 3. The van der Waals surface area contributed by atoms with Crippen molar-refractivity contribution in [1.82, 2.24) is 14.6 Å². The molecule has 3 aromatic rings. The molecule has 0 amide bonds. The highest BCUT2D eigenvalue weighted by atomic mass is 79.9. The van der Waals surface area contributed by atoms with Gasteiger partial charge in [-0.2, -0.15) is 5.10 Å². The number of carboxylic acids is 1. The van der Waals surface area contributed by atoms with Crippen molar-refractivity contribution in [3.05, 3.63) is 39.9 Å². The first-order valence-corrected chi connectivity index (χ1v) is 7.12. The van der Waals surface area contributed by atoms with Crippen molar-refractivity contribution in [2.45, 2.75) is 6.42 Å². The van der Waals surface area contributed by atoms with E-state index in [2.05, 4.69) is 26.0 Å². The first-order chi connectivity index (χ1) is 9.15. The van der Waals surface area contributed by atoms with Crippen molar-refractivity contribution < 1.29 is 9.90 Å². The minimum absolute atomic E-state index is 0.127. The molecule has 0 radical (unpaired) electrons. The third kappa shape index (κ3) is 2.26. The van der Waals surface area contributed by atoms with Gasteiger partial charge in [0.1, 0.15) is 10.3 Å². The third-order valence-corrected chi connectivity index (χ3v) is 4.27. The number of aliphatic carboxylic acids is 1. The Morgan fingerprint density at radius 1 is 1.42 bits per heavy atom. The molecule has 19 heavy (non-hydrogen) atoms. The molecule has 0 saturated heterocycles. The average Bonchev–Trinajstić information content (AvgIpc) is 2.99. The maximum Gasteiger partial charge on any atom is 0.309 e. The molecule has 3 heterocycles. The van der Waals surface area contributed by atoms with Gasteiger partial charge in [0, 0.05) is 0 Å². The Balaban J connectivity index is 2.12. The van der Waals surface area contributed by atoms with Crippen LogP contribution in [-0.4, -0.2) is 25.7 Å². The molecule has 0 saturated carbocycles. The maximum atomic E-state index is 10.8. The Hall–Kier alpha value is -1.73. The van der Waals surface area contributed by atoms with E-state index in [9.17, 15) is 4.79 Å². The van der Waals surface area contributed by atoms with Crippen LogP contribution in [0.5, 0.6) is 0 Å². The molecule has 0 aliphatic carbocycles. The molecule has 0 aromatic carbocycles. The van der Waals surface area contributed by atoms with Crippen LogP contribution in [0.15, 0.2) is 34.2 Å². The van der Waals surface area contributed by atoms with Crippen molar-refractivity contribution in [3.8, 4) is 10.6 Å². The molecule has 0 fully saturated rings. The summed E-state index contributed by atoms with van der Waals surface area (Å²) in [5.41, 5.74) is 1.94. The summed E-state index contributed by atoms with van der Waals surface area (Å²) < 4.78 is 2.20. The van der Waals surface area contributed by atoms with Crippen LogP contribution in [0.2, 0.25) is 0 Å². The third-order valence-electron chi connectivity index (χ3n) is 2.58. The normalized spacial score (nSPS) is 11.0. The summed E-state index contributed by atoms with van der Waals surface area (Å²) in [6, 6.07) is 7.66. The quantitative estimate of drug-likeness (QED) is 0.797. The van der Waals surface area contributed by atoms with Crippen LogP contribution >= 0.6 is 27.3 Å². The first-order valence-electron chi connectivity index (χ1n) is 5.45. The number of hydrogen-bond donors (Lipinski definition) is 1. The highest BCUT2D eigenvalue weighted by molar-refractivity contribution is 9.10. The second-order valence-corrected chi connectivity index (χ2v) is 5.58. The summed E-state index contributed by atoms with van der Waals surface area (Å²) >= 11 is 4.96. The van der Waals surface area contributed by atoms with Crippen molar-refractivity contribution >= 4 is 38.9 Å². The zero-order valence-corrected chi connectivity index (χ0v) is 12.0. The Bertz CT molecular complexity index is 752. The van der Waals surface area contributed by atoms with E-state index in [0.717, 1.165) is 10.6 Å². The predicted molar refractivity (Wildman–Crippen MR) is 75.3 cm³/mol. The van der Waals surface area contributed by atoms with E-state index >= 15 is 0 Å². The fourth-order valence-electron chi connectivity index (χ4n) is 1.76. The van der Waals surface area contributed by atoms with Crippen LogP contribution in [0.1, 0.15) is 5.69 Å². The van der Waals surface area contributed by atoms with Gasteiger partial charge in [0.2, 0.25) is 0 Å². The van der Waals surface area contributed by atoms with E-state index in [4.69, 9.17) is 5.11 Å². The number of hydrogen-bond acceptors (Lipinski definition) is 4. The maximum absolute atomic E-state index is 10.8. The number of rotatable bonds is 3. The fraction of sp³-hybridized carbons (Fsp3) is 0.0833. The van der Waals surface area contributed by atoms with Gasteiger partial charge >= 0.3 is 5.97 Å². The Morgan fingerprint density at radius 3 is 2.95 bits per heavy atom. The average molecular weight is 338 g/mol. The lowest BCUT2D eigenvalue weighted by atomic mass is 10.3. The van der Waals surface area contributed by atoms with Crippen molar-refractivity contribution in [2.24, 2.45) is 0 Å². The lowest BCUT2D eigenvalue weighted by Gasteiger charge is -1.98. The largest absolute Gasteiger partial charge is 0.481 e. The van der Waals surface area contributed by atoms with Gasteiger partial charge in [-0.1, -0.05) is 6.07 Å². The predicted octanol–water partition coefficient (Wildman–Crippen LogP) is 2.85. The standard InChI is InChI=1S/C12H8BrN3O2S/c13-12-8(6-11(17)18)14-10-4-3-7(15-16(10)12)9-2-1-5-19-9/h1-5H,6H2,(H,17,18). The minimum atomic E-state index is -0.914. The van der Waals surface area contributed by atoms with E-state index in [1.54, 1.807) is 15.9 Å². The van der Waals surface area contributed by atoms with Gasteiger partial charge in [-0.3, -0.25) is 4.79 Å². The monoisotopic (exact) mass is 337 g/mol. The van der Waals surface area contributed by atoms with Crippen LogP contribution in [0.3, 0.4) is 0 Å². The molecule has 0 bridgehead atoms. The van der Waals surface area contributed by atoms with Crippen molar-refractivity contribution in [3.63, 3.8) is 0 Å². The summed E-state index contributed by atoms with van der Waals surface area (Å²) in [7, 11) is 0. The van der Waals surface area contributed by atoms with Crippen LogP contribution in [0, 0.1) is 0 Å². The molecule has 0 aliphatic rings. The van der Waals surface area contributed by atoms with E-state index in [0.29, 0.717) is 15.9 Å². The Morgan fingerprint density at radius 2 is 2.26 bits per heavy atom. The van der Waals surface area contributed by atoms with Crippen molar-refractivity contribution in [1.29, 1.82) is 0 Å². The summed E-state index contributed by atoms with van der Waals surface area (Å²) in [4.78, 5) is 16.1. The number of halogens is 1. The number of imidazole rings is 1. The Kier molecular flexibility index (Phi) is 3.08. The molecule has 5 nitrogen and oxygen atoms in total. The topological polar surface area (TPSA) is 67.5 Å². The van der Waals surface area contributed by atoms with Gasteiger partial charge in [0.05, 0.1) is 17.0 Å². The van der Waals surface area contributed by atoms with Gasteiger partial charge in [0.25, 0.3) is 0 Å². The number of aromatic nitrogens is 3. The zero-order valence-electron chi connectivity index (χ0n) is 9.58. The van der Waals surface area contributed by atoms with Gasteiger partial charge in [-0.25, -0.2) is 9.50 Å². The van der Waals surface area contributed by atoms with Gasteiger partial charge in [0.15, 0.2) is 5.65 Å². The molecule has 1 N–H and O–H groups in total. The van der Waals surface area contributed by atoms with E-state index < -0.39 is 5.97 Å². The van der Waals surface area contributed by atoms with Crippen LogP contribution in [0.4, 0.5) is 0 Å². The van der Waals surface area contributed by atoms with E-state index in [1.807, 2.05) is 29.6 Å². The van der Waals surface area contributed by atoms with E-state index in [1.165, 1.54) is 0 Å². The summed E-state index contributed by atoms with van der Waals surface area (Å²) in [6.45, 7) is 0. The molecule has 0 unspecified atom stereocenters. The summed E-state index contributed by atoms with van der Waals surface area (Å²) in [5, 5.41) is 15.3. The molecule has 0 aliphatic heterocycles. The Labute approximate surface area is 120 Å². The molecular formula is C12H8BrN3O2S. The second kappa shape index (κ2) is 4.75. The molecule has 0 atom stereocenters. The van der Waals surface area contributed by atoms with Crippen LogP contribution < -0.4 is 0 Å². The SMILES string of the molecule is O=C(O)Cc1nc2ccc(-c3cccs3)nn2c1Br. The smallest absolute Gasteiger partial charge is 0.309 e. The van der Waals surface area contributed by atoms with Gasteiger partial charge in [-0.05, 0) is 39.5 Å². The lowest BCUT2D eigenvalue weighted by molar-refractivity contribution is -0.136. The zero-order chi connectivity index (χ0) is 13.4. The van der Waals surface area contributed by atoms with E-state index in [-0.39, 0.29) is 6.42 Å². The summed E-state index contributed by atoms with van der Waals surface area (Å²) in [5.74, 6) is -0.914. The number of carbonyl (C=O) groups is 1. The van der Waals surface area contributed by atoms with Crippen molar-refractivity contribution in [2.75, 3.05) is 0 Å². The number of thiophene rings is 1. The molecule has 0 spiro atoms. The van der Waals surface area contributed by atoms with Gasteiger partial charge < -0.3 is 5.11 Å². The highest BCUT2D eigenvalue weighted by Crippen LogP contribution is 2.25. The number of fused-ring (bicyclic) bond motifs is 1. The second-order valence-electron chi connectivity index (χ2n) is 3.89. The molecule has 96 valence electrons. The molecular weight excluding hydrogens is 330 g/mol. The molecule has 3 aromatic heterocycles. The van der Waals surface area contributed by atoms with Gasteiger partial charge in [-0.15, -0.1) is 11.3 Å². The first kappa shape index (κ1) is 12.3. The van der Waals surface area contributed by atoms with Crippen LogP contribution in [0.25, 0.3) is 16.2 Å². The molecule has 7 heteroatoms. The fourth-order valence-corrected chi connectivity index (χ4v) is 2.94. The van der Waals surface area contributed by atoms with Crippen LogP contribution in [-0.2, 0) is 11.2 Å². The highest BCUT2D eigenvalue weighted by Gasteiger charge is 2.14. The summed E-state index contributed by atoms with van der Waals surface area (Å²) in [6.07, 6.45) is -0.127. The number of carboxylic acid groups (broad SMARTS) is 1. The molecule has 3 rings (SSSR count). The lowest BCUT2D eigenvalue weighted by Crippen LogP contribution is -2.01.